The van der Waals surface area contributed by atoms with E-state index < -0.39 is 0 Å². The predicted molar refractivity (Wildman–Crippen MR) is 44.4 cm³/mol. The van der Waals surface area contributed by atoms with Gasteiger partial charge in [-0.1, -0.05) is 13.8 Å². The number of piperazine rings is 1. The van der Waals surface area contributed by atoms with E-state index in [-0.39, 0.29) is 11.8 Å². The summed E-state index contributed by atoms with van der Waals surface area (Å²) < 4.78 is 0. The van der Waals surface area contributed by atoms with Crippen molar-refractivity contribution in [2.24, 2.45) is 5.92 Å². The van der Waals surface area contributed by atoms with Gasteiger partial charge in [-0.15, -0.1) is 0 Å². The highest BCUT2D eigenvalue weighted by atomic mass is 16.2. The van der Waals surface area contributed by atoms with E-state index in [0.717, 1.165) is 6.54 Å². The Morgan fingerprint density at radius 3 is 2.25 bits per heavy atom. The summed E-state index contributed by atoms with van der Waals surface area (Å²) >= 11 is 0. The van der Waals surface area contributed by atoms with Gasteiger partial charge in [-0.2, -0.15) is 0 Å². The van der Waals surface area contributed by atoms with Gasteiger partial charge in [0.1, 0.15) is 0 Å². The van der Waals surface area contributed by atoms with Crippen LogP contribution in [0.25, 0.3) is 0 Å². The largest absolute Gasteiger partial charge is 0.294 e. The van der Waals surface area contributed by atoms with Gasteiger partial charge in [0.25, 0.3) is 0 Å². The molecule has 0 aromatic carbocycles. The Morgan fingerprint density at radius 2 is 1.83 bits per heavy atom. The third-order valence-corrected chi connectivity index (χ3v) is 1.64. The number of nitrogens with one attached hydrogen (secondary N) is 1. The lowest BCUT2D eigenvalue weighted by Gasteiger charge is -2.26. The maximum atomic E-state index is 10.9. The first-order valence-electron chi connectivity index (χ1n) is 4.13. The van der Waals surface area contributed by atoms with E-state index in [1.807, 2.05) is 4.90 Å². The fourth-order valence-corrected chi connectivity index (χ4v) is 1.34. The quantitative estimate of drug-likeness (QED) is 0.574. The maximum Gasteiger partial charge on any atom is 0.240 e. The van der Waals surface area contributed by atoms with Crippen molar-refractivity contribution < 1.29 is 9.59 Å². The second kappa shape index (κ2) is 3.67. The minimum atomic E-state index is -0.188. The summed E-state index contributed by atoms with van der Waals surface area (Å²) in [6.45, 7) is 5.64. The van der Waals surface area contributed by atoms with E-state index in [4.69, 9.17) is 0 Å². The predicted octanol–water partition coefficient (Wildman–Crippen LogP) is -0.399. The molecule has 2 amide bonds. The molecular formula is C8H14N2O2. The van der Waals surface area contributed by atoms with Crippen molar-refractivity contribution in [3.63, 3.8) is 0 Å². The van der Waals surface area contributed by atoms with Crippen molar-refractivity contribution >= 4 is 11.8 Å². The molecule has 4 nitrogen and oxygen atoms in total. The molecular weight excluding hydrogens is 156 g/mol. The van der Waals surface area contributed by atoms with Gasteiger partial charge in [0.2, 0.25) is 11.8 Å². The Kier molecular flexibility index (Phi) is 2.81. The van der Waals surface area contributed by atoms with Crippen LogP contribution in [0.2, 0.25) is 0 Å². The van der Waals surface area contributed by atoms with Gasteiger partial charge < -0.3 is 0 Å². The van der Waals surface area contributed by atoms with E-state index >= 15 is 0 Å². The van der Waals surface area contributed by atoms with Gasteiger partial charge in [0.15, 0.2) is 0 Å². The topological polar surface area (TPSA) is 49.4 Å². The third-order valence-electron chi connectivity index (χ3n) is 1.64. The van der Waals surface area contributed by atoms with Crippen molar-refractivity contribution in [1.29, 1.82) is 0 Å². The molecule has 0 saturated carbocycles. The highest BCUT2D eigenvalue weighted by Gasteiger charge is 2.22. The van der Waals surface area contributed by atoms with Crippen molar-refractivity contribution in [2.75, 3.05) is 19.6 Å². The first kappa shape index (κ1) is 9.19. The molecule has 0 unspecified atom stereocenters. The Labute approximate surface area is 71.9 Å². The first-order valence-corrected chi connectivity index (χ1v) is 4.13. The normalized spacial score (nSPS) is 19.9. The number of imide groups is 1. The smallest absolute Gasteiger partial charge is 0.240 e. The van der Waals surface area contributed by atoms with E-state index in [1.54, 1.807) is 0 Å². The molecule has 1 saturated heterocycles. The van der Waals surface area contributed by atoms with Gasteiger partial charge in [0, 0.05) is 6.54 Å². The van der Waals surface area contributed by atoms with Gasteiger partial charge in [-0.25, -0.2) is 0 Å². The summed E-state index contributed by atoms with van der Waals surface area (Å²) in [5.74, 6) is 0.113. The summed E-state index contributed by atoms with van der Waals surface area (Å²) in [5, 5.41) is 2.26. The minimum absolute atomic E-state index is 0.188. The van der Waals surface area contributed by atoms with E-state index in [0.29, 0.717) is 19.0 Å². The number of hydrogen-bond acceptors (Lipinski definition) is 3. The van der Waals surface area contributed by atoms with Crippen LogP contribution in [0.3, 0.4) is 0 Å². The lowest BCUT2D eigenvalue weighted by molar-refractivity contribution is -0.136. The van der Waals surface area contributed by atoms with Crippen LogP contribution in [-0.2, 0) is 9.59 Å². The van der Waals surface area contributed by atoms with Crippen molar-refractivity contribution in [1.82, 2.24) is 10.2 Å². The molecule has 12 heavy (non-hydrogen) atoms. The highest BCUT2D eigenvalue weighted by molar-refractivity contribution is 5.99. The molecule has 1 aliphatic heterocycles. The molecule has 1 aliphatic rings. The van der Waals surface area contributed by atoms with Gasteiger partial charge >= 0.3 is 0 Å². The highest BCUT2D eigenvalue weighted by Crippen LogP contribution is 2.00. The third kappa shape index (κ3) is 2.62. The van der Waals surface area contributed by atoms with E-state index in [2.05, 4.69) is 19.2 Å². The molecule has 0 aliphatic carbocycles. The summed E-state index contributed by atoms with van der Waals surface area (Å²) in [6, 6.07) is 0. The number of amides is 2. The zero-order chi connectivity index (χ0) is 9.14. The summed E-state index contributed by atoms with van der Waals surface area (Å²) in [5.41, 5.74) is 0. The number of carbonyl (C=O) groups excluding carboxylic acids is 2. The first-order chi connectivity index (χ1) is 5.58. The number of hydrogen-bond donors (Lipinski definition) is 1. The lowest BCUT2D eigenvalue weighted by atomic mass is 10.2. The molecule has 0 aromatic rings. The van der Waals surface area contributed by atoms with Crippen LogP contribution >= 0.6 is 0 Å². The second-order valence-electron chi connectivity index (χ2n) is 3.53. The number of nitrogens with zero attached hydrogens (tertiary/aromatic N) is 1. The monoisotopic (exact) mass is 170 g/mol. The molecule has 0 aromatic heterocycles. The summed E-state index contributed by atoms with van der Waals surface area (Å²) in [4.78, 5) is 23.7. The zero-order valence-electron chi connectivity index (χ0n) is 7.46. The molecule has 0 spiro atoms. The molecule has 0 atom stereocenters. The molecule has 1 heterocycles. The summed E-state index contributed by atoms with van der Waals surface area (Å²) in [7, 11) is 0. The molecule has 1 fully saturated rings. The fraction of sp³-hybridized carbons (Fsp3) is 0.750. The van der Waals surface area contributed by atoms with E-state index in [1.165, 1.54) is 0 Å². The zero-order valence-corrected chi connectivity index (χ0v) is 7.46. The van der Waals surface area contributed by atoms with Gasteiger partial charge in [-0.3, -0.25) is 19.8 Å². The molecule has 0 radical (unpaired) electrons. The van der Waals surface area contributed by atoms with Crippen LogP contribution in [0.4, 0.5) is 0 Å². The lowest BCUT2D eigenvalue weighted by Crippen LogP contribution is -2.52. The Bertz CT molecular complexity index is 185. The Morgan fingerprint density at radius 1 is 1.33 bits per heavy atom. The maximum absolute atomic E-state index is 10.9. The number of carbonyl (C=O) groups is 2. The van der Waals surface area contributed by atoms with E-state index in [9.17, 15) is 9.59 Å². The SMILES string of the molecule is CC(C)CN1CC(=O)NC(=O)C1. The minimum Gasteiger partial charge on any atom is -0.294 e. The Balaban J connectivity index is 2.44. The molecule has 1 rings (SSSR count). The molecule has 4 heteroatoms. The number of rotatable bonds is 2. The van der Waals surface area contributed by atoms with Crippen LogP contribution in [0.1, 0.15) is 13.8 Å². The molecule has 68 valence electrons. The van der Waals surface area contributed by atoms with Crippen LogP contribution in [0, 0.1) is 5.92 Å². The van der Waals surface area contributed by atoms with Crippen LogP contribution in [0.5, 0.6) is 0 Å². The van der Waals surface area contributed by atoms with Crippen LogP contribution in [-0.4, -0.2) is 36.3 Å². The van der Waals surface area contributed by atoms with Crippen molar-refractivity contribution in [2.45, 2.75) is 13.8 Å². The van der Waals surface area contributed by atoms with Crippen molar-refractivity contribution in [3.8, 4) is 0 Å². The van der Waals surface area contributed by atoms with Gasteiger partial charge in [0.05, 0.1) is 13.1 Å². The average molecular weight is 170 g/mol. The molecule has 0 bridgehead atoms. The Hall–Kier alpha value is -0.900. The fourth-order valence-electron chi connectivity index (χ4n) is 1.34. The summed E-state index contributed by atoms with van der Waals surface area (Å²) in [6.07, 6.45) is 0. The van der Waals surface area contributed by atoms with Crippen LogP contribution in [0.15, 0.2) is 0 Å². The molecule has 1 N–H and O–H groups in total. The van der Waals surface area contributed by atoms with Gasteiger partial charge in [-0.05, 0) is 5.92 Å². The second-order valence-corrected chi connectivity index (χ2v) is 3.53. The van der Waals surface area contributed by atoms with Crippen molar-refractivity contribution in [3.05, 3.63) is 0 Å². The van der Waals surface area contributed by atoms with Crippen LogP contribution < -0.4 is 5.32 Å². The standard InChI is InChI=1S/C8H14N2O2/c1-6(2)3-10-4-7(11)9-8(12)5-10/h6H,3-5H2,1-2H3,(H,9,11,12). The average Bonchev–Trinajstić information content (AvgIpc) is 1.81.